The number of para-hydroxylation sites is 1. The molecule has 0 amide bonds. The number of phenols is 2. The molecule has 6 nitrogen and oxygen atoms in total. The van der Waals surface area contributed by atoms with Crippen LogP contribution in [-0.4, -0.2) is 76.2 Å². The number of rotatable bonds is 9. The highest BCUT2D eigenvalue weighted by Gasteiger charge is 2.28. The number of benzene rings is 2. The molecule has 2 N–H and O–H groups in total. The first-order valence-electron chi connectivity index (χ1n) is 16.8. The minimum absolute atomic E-state index is 0.0399. The SMILES string of the molecule is CC(C)(CN=Cc1cc(C(C)(C)C)cc(CCCN2CCC[N+]3=C2CCCCC3)c1O)N=Cc1cccc(C(C)(C)C)c1O. The van der Waals surface area contributed by atoms with Crippen LogP contribution in [0.3, 0.4) is 0 Å². The van der Waals surface area contributed by atoms with Gasteiger partial charge in [0.25, 0.3) is 0 Å². The summed E-state index contributed by atoms with van der Waals surface area (Å²) in [6.07, 6.45) is 11.8. The molecular weight excluding hydrogens is 544 g/mol. The molecule has 2 aliphatic heterocycles. The summed E-state index contributed by atoms with van der Waals surface area (Å²) in [7, 11) is 0. The molecule has 0 aliphatic carbocycles. The van der Waals surface area contributed by atoms with Gasteiger partial charge in [-0.25, -0.2) is 0 Å². The van der Waals surface area contributed by atoms with Crippen LogP contribution in [0, 0.1) is 0 Å². The average molecular weight is 602 g/mol. The molecule has 44 heavy (non-hydrogen) atoms. The van der Waals surface area contributed by atoms with Crippen LogP contribution in [0.5, 0.6) is 11.5 Å². The number of aryl methyl sites for hydroxylation is 1. The first-order valence-corrected chi connectivity index (χ1v) is 16.8. The lowest BCUT2D eigenvalue weighted by Gasteiger charge is -2.26. The maximum Gasteiger partial charge on any atom is 0.246 e. The van der Waals surface area contributed by atoms with Crippen molar-refractivity contribution in [3.05, 3.63) is 58.1 Å². The van der Waals surface area contributed by atoms with Crippen molar-refractivity contribution >= 4 is 18.3 Å². The molecule has 2 heterocycles. The lowest BCUT2D eigenvalue weighted by Crippen LogP contribution is -2.44. The summed E-state index contributed by atoms with van der Waals surface area (Å²) < 4.78 is 2.63. The molecule has 0 unspecified atom stereocenters. The second-order valence-corrected chi connectivity index (χ2v) is 15.5. The lowest BCUT2D eigenvalue weighted by molar-refractivity contribution is -0.539. The van der Waals surface area contributed by atoms with Gasteiger partial charge in [-0.15, -0.1) is 0 Å². The van der Waals surface area contributed by atoms with Gasteiger partial charge in [0.1, 0.15) is 11.5 Å². The summed E-state index contributed by atoms with van der Waals surface area (Å²) in [5, 5.41) is 22.2. The first kappa shape index (κ1) is 33.7. The van der Waals surface area contributed by atoms with Crippen molar-refractivity contribution in [2.45, 2.75) is 117 Å². The third-order valence-electron chi connectivity index (χ3n) is 9.01. The van der Waals surface area contributed by atoms with Gasteiger partial charge >= 0.3 is 0 Å². The van der Waals surface area contributed by atoms with Gasteiger partial charge in [0, 0.05) is 36.4 Å². The van der Waals surface area contributed by atoms with E-state index < -0.39 is 5.54 Å². The molecule has 2 aromatic carbocycles. The molecule has 0 aromatic heterocycles. The highest BCUT2D eigenvalue weighted by Crippen LogP contribution is 2.33. The largest absolute Gasteiger partial charge is 0.507 e. The second-order valence-electron chi connectivity index (χ2n) is 15.5. The predicted molar refractivity (Wildman–Crippen MR) is 186 cm³/mol. The van der Waals surface area contributed by atoms with E-state index in [0.29, 0.717) is 17.9 Å². The number of hydrogen-bond acceptors (Lipinski definition) is 5. The highest BCUT2D eigenvalue weighted by molar-refractivity contribution is 5.86. The Kier molecular flexibility index (Phi) is 10.6. The molecule has 0 saturated carbocycles. The van der Waals surface area contributed by atoms with Gasteiger partial charge in [0.15, 0.2) is 0 Å². The van der Waals surface area contributed by atoms with Crippen LogP contribution < -0.4 is 0 Å². The monoisotopic (exact) mass is 601 g/mol. The fourth-order valence-electron chi connectivity index (χ4n) is 6.30. The van der Waals surface area contributed by atoms with Crippen LogP contribution in [0.1, 0.15) is 122 Å². The Balaban J connectivity index is 1.47. The molecule has 2 aromatic rings. The third-order valence-corrected chi connectivity index (χ3v) is 9.01. The fraction of sp³-hybridized carbons (Fsp3) is 0.605. The Morgan fingerprint density at radius 2 is 1.59 bits per heavy atom. The minimum Gasteiger partial charge on any atom is -0.507 e. The van der Waals surface area contributed by atoms with E-state index in [1.54, 1.807) is 12.1 Å². The summed E-state index contributed by atoms with van der Waals surface area (Å²) >= 11 is 0. The molecule has 2 aliphatic rings. The van der Waals surface area contributed by atoms with Gasteiger partial charge < -0.3 is 10.2 Å². The highest BCUT2D eigenvalue weighted by atomic mass is 16.3. The van der Waals surface area contributed by atoms with E-state index >= 15 is 0 Å². The third kappa shape index (κ3) is 8.73. The van der Waals surface area contributed by atoms with Gasteiger partial charge in [-0.05, 0) is 85.6 Å². The minimum atomic E-state index is -0.473. The number of amidine groups is 1. The molecular formula is C38H57N4O2+. The van der Waals surface area contributed by atoms with E-state index in [2.05, 4.69) is 63.2 Å². The van der Waals surface area contributed by atoms with E-state index in [4.69, 9.17) is 9.98 Å². The molecule has 0 radical (unpaired) electrons. The Morgan fingerprint density at radius 3 is 2.32 bits per heavy atom. The van der Waals surface area contributed by atoms with E-state index in [1.807, 2.05) is 38.3 Å². The maximum atomic E-state index is 11.4. The van der Waals surface area contributed by atoms with Crippen molar-refractivity contribution in [2.24, 2.45) is 9.98 Å². The number of phenolic OH excluding ortho intramolecular Hbond substituents is 2. The quantitative estimate of drug-likeness (QED) is 0.229. The summed E-state index contributed by atoms with van der Waals surface area (Å²) in [4.78, 5) is 12.2. The fourth-order valence-corrected chi connectivity index (χ4v) is 6.30. The van der Waals surface area contributed by atoms with Gasteiger partial charge in [-0.1, -0.05) is 59.7 Å². The van der Waals surface area contributed by atoms with Crippen LogP contribution in [0.15, 0.2) is 40.3 Å². The van der Waals surface area contributed by atoms with E-state index in [0.717, 1.165) is 42.6 Å². The Bertz CT molecular complexity index is 1390. The van der Waals surface area contributed by atoms with Crippen molar-refractivity contribution in [3.63, 3.8) is 0 Å². The van der Waals surface area contributed by atoms with E-state index in [9.17, 15) is 10.2 Å². The van der Waals surface area contributed by atoms with Crippen LogP contribution in [-0.2, 0) is 17.3 Å². The van der Waals surface area contributed by atoms with E-state index in [-0.39, 0.29) is 16.6 Å². The first-order chi connectivity index (χ1) is 20.7. The van der Waals surface area contributed by atoms with Gasteiger partial charge in [0.05, 0.1) is 38.3 Å². The Morgan fingerprint density at radius 1 is 0.841 bits per heavy atom. The van der Waals surface area contributed by atoms with Gasteiger partial charge in [-0.3, -0.25) is 19.5 Å². The molecule has 0 bridgehead atoms. The zero-order valence-corrected chi connectivity index (χ0v) is 28.7. The van der Waals surface area contributed by atoms with Crippen molar-refractivity contribution in [1.82, 2.24) is 4.90 Å². The average Bonchev–Trinajstić information content (AvgIpc) is 3.19. The van der Waals surface area contributed by atoms with Crippen molar-refractivity contribution in [3.8, 4) is 11.5 Å². The molecule has 240 valence electrons. The topological polar surface area (TPSA) is 71.4 Å². The number of hydrogen-bond donors (Lipinski definition) is 2. The predicted octanol–water partition coefficient (Wildman–Crippen LogP) is 7.63. The van der Waals surface area contributed by atoms with Crippen LogP contribution >= 0.6 is 0 Å². The van der Waals surface area contributed by atoms with Crippen LogP contribution in [0.4, 0.5) is 0 Å². The molecule has 0 fully saturated rings. The smallest absolute Gasteiger partial charge is 0.246 e. The Labute approximate surface area is 266 Å². The molecule has 0 atom stereocenters. The molecule has 0 saturated heterocycles. The summed E-state index contributed by atoms with van der Waals surface area (Å²) in [5.74, 6) is 2.18. The van der Waals surface area contributed by atoms with Gasteiger partial charge in [0.2, 0.25) is 5.84 Å². The molecule has 4 rings (SSSR count). The van der Waals surface area contributed by atoms with Crippen molar-refractivity contribution in [1.29, 1.82) is 0 Å². The standard InChI is InChI=1S/C38H56N4O2/c1-36(2,3)31-23-28(16-13-20-42-22-14-21-41-19-11-9-10-18-33(41)42)34(43)30(24-31)25-39-27-38(7,8)40-26-29-15-12-17-32(35(29)44)37(4,5)6/h12,15,17,23-26H,9-11,13-14,16,18-22,27H2,1-8H3,(H-,39,40,43,44)/p+1. The second kappa shape index (κ2) is 13.9. The normalized spacial score (nSPS) is 17.0. The Hall–Kier alpha value is -3.15. The summed E-state index contributed by atoms with van der Waals surface area (Å²) in [5.41, 5.74) is 3.93. The summed E-state index contributed by atoms with van der Waals surface area (Å²) in [6, 6.07) is 10.1. The number of nitrogens with zero attached hydrogens (tertiary/aromatic N) is 4. The lowest BCUT2D eigenvalue weighted by atomic mass is 9.84. The zero-order chi connectivity index (χ0) is 32.1. The van der Waals surface area contributed by atoms with Gasteiger partial charge in [-0.2, -0.15) is 0 Å². The summed E-state index contributed by atoms with van der Waals surface area (Å²) in [6.45, 7) is 22.1. The van der Waals surface area contributed by atoms with E-state index in [1.165, 1.54) is 50.8 Å². The maximum absolute atomic E-state index is 11.4. The number of aliphatic imine (C=N–C) groups is 2. The molecule has 6 heteroatoms. The zero-order valence-electron chi connectivity index (χ0n) is 28.7. The molecule has 0 spiro atoms. The van der Waals surface area contributed by atoms with Crippen molar-refractivity contribution < 1.29 is 14.8 Å². The number of aromatic hydroxyl groups is 2. The van der Waals surface area contributed by atoms with Crippen molar-refractivity contribution in [2.75, 3.05) is 32.7 Å². The van der Waals surface area contributed by atoms with Crippen LogP contribution in [0.2, 0.25) is 0 Å². The van der Waals surface area contributed by atoms with Crippen LogP contribution in [0.25, 0.3) is 0 Å².